The van der Waals surface area contributed by atoms with Crippen LogP contribution in [-0.2, 0) is 4.79 Å². The Balaban J connectivity index is 2.55. The molecule has 1 unspecified atom stereocenters. The molecule has 0 spiro atoms. The van der Waals surface area contributed by atoms with Crippen LogP contribution in [0.5, 0.6) is 0 Å². The summed E-state index contributed by atoms with van der Waals surface area (Å²) in [5, 5.41) is 0. The molecule has 1 saturated heterocycles. The summed E-state index contributed by atoms with van der Waals surface area (Å²) in [4.78, 5) is 15.2. The highest BCUT2D eigenvalue weighted by atomic mass is 16.2. The van der Waals surface area contributed by atoms with Crippen molar-refractivity contribution in [3.8, 4) is 0 Å². The maximum absolute atomic E-state index is 11.5. The molecule has 0 bridgehead atoms. The number of hydrogen-bond acceptors (Lipinski definition) is 3. The average Bonchev–Trinajstić information content (AvgIpc) is 2.49. The van der Waals surface area contributed by atoms with Gasteiger partial charge in [0.1, 0.15) is 0 Å². The summed E-state index contributed by atoms with van der Waals surface area (Å²) in [6, 6.07) is 0.0324. The van der Waals surface area contributed by atoms with Crippen molar-refractivity contribution in [1.29, 1.82) is 0 Å². The minimum atomic E-state index is 0.0324. The fourth-order valence-electron chi connectivity index (χ4n) is 1.62. The van der Waals surface area contributed by atoms with Gasteiger partial charge in [-0.25, -0.2) is 0 Å². The highest BCUT2D eigenvalue weighted by molar-refractivity contribution is 5.81. The third kappa shape index (κ3) is 1.76. The van der Waals surface area contributed by atoms with E-state index in [4.69, 9.17) is 5.73 Å². The summed E-state index contributed by atoms with van der Waals surface area (Å²) in [6.07, 6.45) is 2.04. The predicted molar refractivity (Wildman–Crippen MR) is 47.5 cm³/mol. The lowest BCUT2D eigenvalue weighted by Gasteiger charge is -2.24. The van der Waals surface area contributed by atoms with Gasteiger partial charge >= 0.3 is 0 Å². The van der Waals surface area contributed by atoms with Crippen molar-refractivity contribution in [2.24, 2.45) is 5.73 Å². The van der Waals surface area contributed by atoms with Crippen LogP contribution in [0.25, 0.3) is 0 Å². The minimum Gasteiger partial charge on any atom is -0.347 e. The molecule has 1 rings (SSSR count). The standard InChI is InChI=1S/C8H17N3O/c1-10(2)8(12)7-4-3-5-11(7)6-9/h7H,3-6,9H2,1-2H3. The number of hydrogen-bond donors (Lipinski definition) is 1. The molecule has 12 heavy (non-hydrogen) atoms. The molecular formula is C8H17N3O. The molecule has 0 aromatic rings. The summed E-state index contributed by atoms with van der Waals surface area (Å²) in [5.74, 6) is 0.179. The Morgan fingerprint density at radius 2 is 2.33 bits per heavy atom. The first-order valence-corrected chi connectivity index (χ1v) is 4.32. The fraction of sp³-hybridized carbons (Fsp3) is 0.875. The van der Waals surface area contributed by atoms with Crippen LogP contribution in [0.3, 0.4) is 0 Å². The lowest BCUT2D eigenvalue weighted by atomic mass is 10.2. The first-order chi connectivity index (χ1) is 5.66. The van der Waals surface area contributed by atoms with Crippen molar-refractivity contribution in [1.82, 2.24) is 9.80 Å². The second-order valence-corrected chi connectivity index (χ2v) is 3.39. The number of carbonyl (C=O) groups is 1. The molecule has 1 atom stereocenters. The summed E-state index contributed by atoms with van der Waals surface area (Å²) < 4.78 is 0. The van der Waals surface area contributed by atoms with E-state index in [-0.39, 0.29) is 11.9 Å². The van der Waals surface area contributed by atoms with Gasteiger partial charge in [-0.15, -0.1) is 0 Å². The normalized spacial score (nSPS) is 24.4. The lowest BCUT2D eigenvalue weighted by Crippen LogP contribution is -2.44. The number of likely N-dealkylation sites (tertiary alicyclic amines) is 1. The van der Waals surface area contributed by atoms with Gasteiger partial charge in [0.15, 0.2) is 0 Å². The molecule has 1 aliphatic heterocycles. The fourth-order valence-corrected chi connectivity index (χ4v) is 1.62. The lowest BCUT2D eigenvalue weighted by molar-refractivity contribution is -0.133. The molecule has 0 aliphatic carbocycles. The zero-order valence-corrected chi connectivity index (χ0v) is 7.79. The van der Waals surface area contributed by atoms with Gasteiger partial charge in [-0.2, -0.15) is 0 Å². The van der Waals surface area contributed by atoms with E-state index in [1.54, 1.807) is 19.0 Å². The van der Waals surface area contributed by atoms with E-state index >= 15 is 0 Å². The van der Waals surface area contributed by atoms with Crippen LogP contribution < -0.4 is 5.73 Å². The Morgan fingerprint density at radius 3 is 2.83 bits per heavy atom. The topological polar surface area (TPSA) is 49.6 Å². The zero-order valence-electron chi connectivity index (χ0n) is 7.79. The minimum absolute atomic E-state index is 0.0324. The molecule has 4 nitrogen and oxygen atoms in total. The van der Waals surface area contributed by atoms with Gasteiger partial charge < -0.3 is 10.6 Å². The number of rotatable bonds is 2. The van der Waals surface area contributed by atoms with E-state index in [9.17, 15) is 4.79 Å². The molecule has 4 heteroatoms. The highest BCUT2D eigenvalue weighted by Crippen LogP contribution is 2.16. The van der Waals surface area contributed by atoms with Crippen molar-refractivity contribution < 1.29 is 4.79 Å². The first kappa shape index (κ1) is 9.48. The second-order valence-electron chi connectivity index (χ2n) is 3.39. The molecule has 70 valence electrons. The maximum atomic E-state index is 11.5. The smallest absolute Gasteiger partial charge is 0.239 e. The van der Waals surface area contributed by atoms with Crippen molar-refractivity contribution in [3.05, 3.63) is 0 Å². The van der Waals surface area contributed by atoms with E-state index in [0.29, 0.717) is 6.67 Å². The van der Waals surface area contributed by atoms with E-state index in [1.807, 2.05) is 4.90 Å². The van der Waals surface area contributed by atoms with E-state index in [2.05, 4.69) is 0 Å². The Hall–Kier alpha value is -0.610. The molecule has 0 radical (unpaired) electrons. The predicted octanol–water partition coefficient (Wildman–Crippen LogP) is -0.545. The second kappa shape index (κ2) is 3.87. The van der Waals surface area contributed by atoms with Crippen LogP contribution in [0.4, 0.5) is 0 Å². The molecule has 2 N–H and O–H groups in total. The van der Waals surface area contributed by atoms with Gasteiger partial charge in [-0.05, 0) is 12.8 Å². The van der Waals surface area contributed by atoms with Crippen LogP contribution in [-0.4, -0.2) is 49.1 Å². The number of carbonyl (C=O) groups excluding carboxylic acids is 1. The number of nitrogens with two attached hydrogens (primary N) is 1. The van der Waals surface area contributed by atoms with Crippen molar-refractivity contribution in [2.75, 3.05) is 27.3 Å². The summed E-state index contributed by atoms with van der Waals surface area (Å²) >= 11 is 0. The van der Waals surface area contributed by atoms with Crippen LogP contribution >= 0.6 is 0 Å². The van der Waals surface area contributed by atoms with Gasteiger partial charge in [0.25, 0.3) is 0 Å². The molecule has 1 fully saturated rings. The van der Waals surface area contributed by atoms with Gasteiger partial charge in [-0.3, -0.25) is 9.69 Å². The molecule has 1 amide bonds. The first-order valence-electron chi connectivity index (χ1n) is 4.32. The molecule has 0 aromatic heterocycles. The maximum Gasteiger partial charge on any atom is 0.239 e. The quantitative estimate of drug-likeness (QED) is 0.607. The van der Waals surface area contributed by atoms with Gasteiger partial charge in [0.05, 0.1) is 6.04 Å². The van der Waals surface area contributed by atoms with Crippen molar-refractivity contribution >= 4 is 5.91 Å². The Morgan fingerprint density at radius 1 is 1.67 bits per heavy atom. The Kier molecular flexibility index (Phi) is 3.05. The Bertz CT molecular complexity index is 170. The molecular weight excluding hydrogens is 154 g/mol. The Labute approximate surface area is 73.3 Å². The summed E-state index contributed by atoms with van der Waals surface area (Å²) in [5.41, 5.74) is 5.52. The SMILES string of the molecule is CN(C)C(=O)C1CCCN1CN. The molecule has 0 saturated carbocycles. The van der Waals surface area contributed by atoms with Crippen molar-refractivity contribution in [3.63, 3.8) is 0 Å². The average molecular weight is 171 g/mol. The molecule has 0 aromatic carbocycles. The third-order valence-electron chi connectivity index (χ3n) is 2.32. The summed E-state index contributed by atoms with van der Waals surface area (Å²) in [6.45, 7) is 1.45. The van der Waals surface area contributed by atoms with E-state index in [1.165, 1.54) is 0 Å². The van der Waals surface area contributed by atoms with E-state index < -0.39 is 0 Å². The number of likely N-dealkylation sites (N-methyl/N-ethyl adjacent to an activating group) is 1. The highest BCUT2D eigenvalue weighted by Gasteiger charge is 2.30. The van der Waals surface area contributed by atoms with Crippen LogP contribution in [0.15, 0.2) is 0 Å². The summed E-state index contributed by atoms with van der Waals surface area (Å²) in [7, 11) is 3.57. The van der Waals surface area contributed by atoms with E-state index in [0.717, 1.165) is 19.4 Å². The molecule has 1 heterocycles. The van der Waals surface area contributed by atoms with Crippen LogP contribution in [0.2, 0.25) is 0 Å². The van der Waals surface area contributed by atoms with Crippen LogP contribution in [0.1, 0.15) is 12.8 Å². The van der Waals surface area contributed by atoms with Gasteiger partial charge in [-0.1, -0.05) is 0 Å². The largest absolute Gasteiger partial charge is 0.347 e. The molecule has 1 aliphatic rings. The van der Waals surface area contributed by atoms with Gasteiger partial charge in [0.2, 0.25) is 5.91 Å². The van der Waals surface area contributed by atoms with Crippen LogP contribution in [0, 0.1) is 0 Å². The zero-order chi connectivity index (χ0) is 9.14. The monoisotopic (exact) mass is 171 g/mol. The van der Waals surface area contributed by atoms with Gasteiger partial charge in [0, 0.05) is 27.3 Å². The number of amides is 1. The number of nitrogens with zero attached hydrogens (tertiary/aromatic N) is 2. The van der Waals surface area contributed by atoms with Crippen molar-refractivity contribution in [2.45, 2.75) is 18.9 Å². The third-order valence-corrected chi connectivity index (χ3v) is 2.32.